The molecule has 0 bridgehead atoms. The second kappa shape index (κ2) is 10.7. The molecule has 2 aromatic rings. The standard InChI is InChI=1S/C18H23N5O3.C2HF3O2/c24-17(16-3-1-2-5-19-16)23-8-10-26-18(13-23)12-22(7-9-25-14-18)11-15-4-6-20-21-15;3-2(4,5)1(6)7/h1-6H,7-14H2,(H,20,21);(H,6,7). The third kappa shape index (κ3) is 6.97. The van der Waals surface area contributed by atoms with Crippen molar-refractivity contribution in [2.45, 2.75) is 18.3 Å². The molecule has 2 saturated heterocycles. The summed E-state index contributed by atoms with van der Waals surface area (Å²) in [6, 6.07) is 7.36. The molecule has 2 N–H and O–H groups in total. The Bertz CT molecular complexity index is 913. The molecule has 10 nitrogen and oxygen atoms in total. The van der Waals surface area contributed by atoms with Gasteiger partial charge in [-0.25, -0.2) is 4.79 Å². The highest BCUT2D eigenvalue weighted by Gasteiger charge is 2.42. The number of rotatable bonds is 3. The zero-order valence-electron chi connectivity index (χ0n) is 17.6. The first-order valence-corrected chi connectivity index (χ1v) is 10.1. The van der Waals surface area contributed by atoms with Gasteiger partial charge in [-0.3, -0.25) is 19.8 Å². The van der Waals surface area contributed by atoms with Gasteiger partial charge in [-0.1, -0.05) is 6.07 Å². The molecule has 33 heavy (non-hydrogen) atoms. The van der Waals surface area contributed by atoms with Crippen molar-refractivity contribution in [1.29, 1.82) is 0 Å². The number of halogens is 3. The summed E-state index contributed by atoms with van der Waals surface area (Å²) < 4.78 is 43.7. The number of carboxylic acids is 1. The van der Waals surface area contributed by atoms with Crippen molar-refractivity contribution in [3.8, 4) is 0 Å². The summed E-state index contributed by atoms with van der Waals surface area (Å²) in [6.07, 6.45) is -1.69. The van der Waals surface area contributed by atoms with Gasteiger partial charge in [0, 0.05) is 44.3 Å². The largest absolute Gasteiger partial charge is 0.490 e. The number of amides is 1. The van der Waals surface area contributed by atoms with E-state index in [0.717, 1.165) is 18.8 Å². The van der Waals surface area contributed by atoms with Crippen LogP contribution in [0.25, 0.3) is 0 Å². The minimum Gasteiger partial charge on any atom is -0.475 e. The third-order valence-corrected chi connectivity index (χ3v) is 5.04. The Hall–Kier alpha value is -3.03. The van der Waals surface area contributed by atoms with E-state index in [4.69, 9.17) is 19.4 Å². The lowest BCUT2D eigenvalue weighted by Crippen LogP contribution is -2.59. The first kappa shape index (κ1) is 24.6. The Kier molecular flexibility index (Phi) is 8.00. The maximum atomic E-state index is 12.8. The number of aliphatic carboxylic acids is 1. The summed E-state index contributed by atoms with van der Waals surface area (Å²) in [5, 5.41) is 14.1. The van der Waals surface area contributed by atoms with Crippen molar-refractivity contribution in [2.24, 2.45) is 0 Å². The molecule has 1 amide bonds. The number of alkyl halides is 3. The van der Waals surface area contributed by atoms with Crippen LogP contribution in [0.2, 0.25) is 0 Å². The number of nitrogens with one attached hydrogen (secondary N) is 1. The van der Waals surface area contributed by atoms with Gasteiger partial charge in [0.25, 0.3) is 5.91 Å². The quantitative estimate of drug-likeness (QED) is 0.685. The van der Waals surface area contributed by atoms with E-state index in [9.17, 15) is 18.0 Å². The normalized spacial score (nSPS) is 21.7. The molecule has 0 saturated carbocycles. The highest BCUT2D eigenvalue weighted by Crippen LogP contribution is 2.24. The lowest BCUT2D eigenvalue weighted by molar-refractivity contribution is -0.192. The minimum absolute atomic E-state index is 0.0577. The summed E-state index contributed by atoms with van der Waals surface area (Å²) in [4.78, 5) is 30.0. The van der Waals surface area contributed by atoms with Crippen LogP contribution in [0.4, 0.5) is 13.2 Å². The van der Waals surface area contributed by atoms with E-state index in [1.165, 1.54) is 0 Å². The molecule has 180 valence electrons. The van der Waals surface area contributed by atoms with Crippen LogP contribution in [0.3, 0.4) is 0 Å². The number of H-pyrrole nitrogens is 1. The molecule has 1 atom stereocenters. The van der Waals surface area contributed by atoms with Crippen molar-refractivity contribution < 1.29 is 37.3 Å². The predicted octanol–water partition coefficient (Wildman–Crippen LogP) is 1.18. The molecular weight excluding hydrogens is 447 g/mol. The average molecular weight is 471 g/mol. The Labute approximate surface area is 187 Å². The molecule has 2 aliphatic heterocycles. The fraction of sp³-hybridized carbons (Fsp3) is 0.500. The number of nitrogens with zero attached hydrogens (tertiary/aromatic N) is 4. The molecule has 2 fully saturated rings. The predicted molar refractivity (Wildman–Crippen MR) is 107 cm³/mol. The van der Waals surface area contributed by atoms with Gasteiger partial charge in [0.15, 0.2) is 0 Å². The third-order valence-electron chi connectivity index (χ3n) is 5.04. The number of hydrogen-bond donors (Lipinski definition) is 2. The topological polar surface area (TPSA) is 121 Å². The summed E-state index contributed by atoms with van der Waals surface area (Å²) in [5.41, 5.74) is 1.01. The maximum Gasteiger partial charge on any atom is 0.490 e. The van der Waals surface area contributed by atoms with Crippen LogP contribution in [0, 0.1) is 0 Å². The van der Waals surface area contributed by atoms with Crippen molar-refractivity contribution in [1.82, 2.24) is 25.0 Å². The fourth-order valence-corrected chi connectivity index (χ4v) is 3.59. The van der Waals surface area contributed by atoms with E-state index in [1.54, 1.807) is 18.5 Å². The summed E-state index contributed by atoms with van der Waals surface area (Å²) in [5.74, 6) is -2.81. The molecule has 4 rings (SSSR count). The monoisotopic (exact) mass is 471 g/mol. The first-order valence-electron chi connectivity index (χ1n) is 10.1. The van der Waals surface area contributed by atoms with Crippen molar-refractivity contribution in [3.05, 3.63) is 48.0 Å². The Morgan fingerprint density at radius 3 is 2.58 bits per heavy atom. The number of aromatic nitrogens is 3. The second-order valence-electron chi connectivity index (χ2n) is 7.62. The number of carboxylic acid groups (broad SMARTS) is 1. The van der Waals surface area contributed by atoms with Gasteiger partial charge in [-0.2, -0.15) is 18.3 Å². The zero-order chi connectivity index (χ0) is 23.9. The van der Waals surface area contributed by atoms with Crippen LogP contribution in [0.15, 0.2) is 36.7 Å². The van der Waals surface area contributed by atoms with E-state index >= 15 is 0 Å². The lowest BCUT2D eigenvalue weighted by Gasteiger charge is -2.43. The number of ether oxygens (including phenoxy) is 2. The number of carbonyl (C=O) groups excluding carboxylic acids is 1. The number of aromatic amines is 1. The van der Waals surface area contributed by atoms with E-state index in [-0.39, 0.29) is 5.91 Å². The van der Waals surface area contributed by atoms with Crippen LogP contribution in [0.1, 0.15) is 16.2 Å². The van der Waals surface area contributed by atoms with Crippen molar-refractivity contribution in [3.63, 3.8) is 0 Å². The molecular formula is C20H24F3N5O5. The van der Waals surface area contributed by atoms with Crippen LogP contribution < -0.4 is 0 Å². The Morgan fingerprint density at radius 1 is 1.15 bits per heavy atom. The van der Waals surface area contributed by atoms with Gasteiger partial charge >= 0.3 is 12.1 Å². The maximum absolute atomic E-state index is 12.8. The van der Waals surface area contributed by atoms with Gasteiger partial charge in [-0.15, -0.1) is 0 Å². The van der Waals surface area contributed by atoms with Gasteiger partial charge in [0.05, 0.1) is 26.4 Å². The SMILES string of the molecule is O=C(O)C(F)(F)F.O=C(c1ccccn1)N1CCOC2(COCCN(Cc3ccn[nH]3)C2)C1. The van der Waals surface area contributed by atoms with E-state index in [0.29, 0.717) is 45.1 Å². The molecule has 1 spiro atoms. The number of pyridine rings is 1. The molecule has 2 aliphatic rings. The Balaban J connectivity index is 0.000000383. The smallest absolute Gasteiger partial charge is 0.475 e. The van der Waals surface area contributed by atoms with Gasteiger partial charge in [0.2, 0.25) is 0 Å². The number of hydrogen-bond acceptors (Lipinski definition) is 7. The van der Waals surface area contributed by atoms with E-state index in [2.05, 4.69) is 20.1 Å². The van der Waals surface area contributed by atoms with Gasteiger partial charge in [-0.05, 0) is 18.2 Å². The fourth-order valence-electron chi connectivity index (χ4n) is 3.59. The lowest BCUT2D eigenvalue weighted by atomic mass is 10.0. The molecule has 13 heteroatoms. The van der Waals surface area contributed by atoms with Crippen molar-refractivity contribution in [2.75, 3.05) is 46.0 Å². The van der Waals surface area contributed by atoms with Gasteiger partial charge < -0.3 is 19.5 Å². The van der Waals surface area contributed by atoms with E-state index in [1.807, 2.05) is 23.1 Å². The summed E-state index contributed by atoms with van der Waals surface area (Å²) in [7, 11) is 0. The molecule has 0 radical (unpaired) electrons. The molecule has 2 aromatic heterocycles. The first-order chi connectivity index (χ1) is 15.7. The van der Waals surface area contributed by atoms with Crippen molar-refractivity contribution >= 4 is 11.9 Å². The number of morpholine rings is 1. The average Bonchev–Trinajstić information content (AvgIpc) is 3.22. The van der Waals surface area contributed by atoms with Gasteiger partial charge in [0.1, 0.15) is 11.3 Å². The molecule has 0 aliphatic carbocycles. The molecule has 0 aromatic carbocycles. The van der Waals surface area contributed by atoms with Crippen LogP contribution in [-0.4, -0.2) is 99.7 Å². The zero-order valence-corrected chi connectivity index (χ0v) is 17.6. The summed E-state index contributed by atoms with van der Waals surface area (Å²) in [6.45, 7) is 4.98. The van der Waals surface area contributed by atoms with Crippen LogP contribution in [0.5, 0.6) is 0 Å². The highest BCUT2D eigenvalue weighted by molar-refractivity contribution is 5.92. The van der Waals surface area contributed by atoms with E-state index < -0.39 is 17.7 Å². The second-order valence-corrected chi connectivity index (χ2v) is 7.62. The van der Waals surface area contributed by atoms with Crippen LogP contribution in [-0.2, 0) is 20.8 Å². The molecule has 1 unspecified atom stereocenters. The molecule has 4 heterocycles. The highest BCUT2D eigenvalue weighted by atomic mass is 19.4. The summed E-state index contributed by atoms with van der Waals surface area (Å²) >= 11 is 0. The Morgan fingerprint density at radius 2 is 1.94 bits per heavy atom. The van der Waals surface area contributed by atoms with Crippen LogP contribution >= 0.6 is 0 Å². The minimum atomic E-state index is -5.08. The number of carbonyl (C=O) groups is 2.